The van der Waals surface area contributed by atoms with E-state index in [1.165, 1.54) is 0 Å². The van der Waals surface area contributed by atoms with Crippen molar-refractivity contribution in [2.45, 2.75) is 40.0 Å². The minimum absolute atomic E-state index is 0.205. The number of nitrogens with zero attached hydrogens (tertiary/aromatic N) is 2. The molecule has 124 valence electrons. The lowest BCUT2D eigenvalue weighted by Gasteiger charge is -2.18. The number of ether oxygens (including phenoxy) is 1. The van der Waals surface area contributed by atoms with Gasteiger partial charge in [-0.25, -0.2) is 0 Å². The van der Waals surface area contributed by atoms with Crippen molar-refractivity contribution in [2.24, 2.45) is 11.1 Å². The zero-order valence-electron chi connectivity index (χ0n) is 14.0. The standard InChI is InChI=1S/C17H23N3O3/c1-11-19-16(23-20-11)14(15(18)21)12-5-7-13(8-6-12)22-10-9-17(2,3)4/h5-8,14H,9-10H2,1-4H3,(H2,18,21). The summed E-state index contributed by atoms with van der Waals surface area (Å²) >= 11 is 0. The summed E-state index contributed by atoms with van der Waals surface area (Å²) in [5.41, 5.74) is 6.41. The topological polar surface area (TPSA) is 91.2 Å². The quantitative estimate of drug-likeness (QED) is 0.884. The van der Waals surface area contributed by atoms with Crippen LogP contribution in [0.25, 0.3) is 0 Å². The van der Waals surface area contributed by atoms with Crippen LogP contribution in [0, 0.1) is 12.3 Å². The molecular weight excluding hydrogens is 294 g/mol. The number of primary amides is 1. The van der Waals surface area contributed by atoms with Crippen LogP contribution in [0.4, 0.5) is 0 Å². The number of amides is 1. The SMILES string of the molecule is Cc1noc(C(C(N)=O)c2ccc(OCCC(C)(C)C)cc2)n1. The van der Waals surface area contributed by atoms with E-state index >= 15 is 0 Å². The number of carbonyl (C=O) groups is 1. The third-order valence-electron chi connectivity index (χ3n) is 3.41. The highest BCUT2D eigenvalue weighted by molar-refractivity contribution is 5.84. The van der Waals surface area contributed by atoms with Crippen LogP contribution in [0.1, 0.15) is 50.4 Å². The Morgan fingerprint density at radius 1 is 1.30 bits per heavy atom. The summed E-state index contributed by atoms with van der Waals surface area (Å²) in [6.07, 6.45) is 0.958. The summed E-state index contributed by atoms with van der Waals surface area (Å²) in [6.45, 7) is 8.85. The molecule has 0 fully saturated rings. The average molecular weight is 317 g/mol. The molecule has 2 N–H and O–H groups in total. The summed E-state index contributed by atoms with van der Waals surface area (Å²) in [5, 5.41) is 3.71. The van der Waals surface area contributed by atoms with Crippen molar-refractivity contribution in [2.75, 3.05) is 6.61 Å². The summed E-state index contributed by atoms with van der Waals surface area (Å²) in [5.74, 6) is 0.141. The van der Waals surface area contributed by atoms with Crippen LogP contribution < -0.4 is 10.5 Å². The first-order valence-corrected chi connectivity index (χ1v) is 7.58. The molecule has 0 aliphatic heterocycles. The van der Waals surface area contributed by atoms with Gasteiger partial charge in [0.2, 0.25) is 11.8 Å². The molecular formula is C17H23N3O3. The predicted molar refractivity (Wildman–Crippen MR) is 86.1 cm³/mol. The molecule has 0 spiro atoms. The number of nitrogens with two attached hydrogens (primary N) is 1. The van der Waals surface area contributed by atoms with Crippen LogP contribution in [0.2, 0.25) is 0 Å². The maximum Gasteiger partial charge on any atom is 0.243 e. The van der Waals surface area contributed by atoms with Gasteiger partial charge in [-0.2, -0.15) is 4.98 Å². The second kappa shape index (κ2) is 6.81. The summed E-state index contributed by atoms with van der Waals surface area (Å²) in [4.78, 5) is 15.8. The monoisotopic (exact) mass is 317 g/mol. The van der Waals surface area contributed by atoms with E-state index in [0.29, 0.717) is 18.0 Å². The Kier molecular flexibility index (Phi) is 5.03. The lowest BCUT2D eigenvalue weighted by molar-refractivity contribution is -0.119. The molecule has 1 heterocycles. The van der Waals surface area contributed by atoms with Gasteiger partial charge >= 0.3 is 0 Å². The first-order valence-electron chi connectivity index (χ1n) is 7.58. The van der Waals surface area contributed by atoms with Crippen molar-refractivity contribution in [1.82, 2.24) is 10.1 Å². The number of rotatable bonds is 6. The lowest BCUT2D eigenvalue weighted by atomic mass is 9.93. The fourth-order valence-electron chi connectivity index (χ4n) is 2.09. The normalized spacial score (nSPS) is 12.9. The highest BCUT2D eigenvalue weighted by atomic mass is 16.5. The highest BCUT2D eigenvalue weighted by Gasteiger charge is 2.26. The zero-order valence-corrected chi connectivity index (χ0v) is 14.0. The van der Waals surface area contributed by atoms with Crippen molar-refractivity contribution < 1.29 is 14.1 Å². The molecule has 6 nitrogen and oxygen atoms in total. The Labute approximate surface area is 136 Å². The van der Waals surface area contributed by atoms with Gasteiger partial charge in [0.05, 0.1) is 6.61 Å². The van der Waals surface area contributed by atoms with Crippen molar-refractivity contribution >= 4 is 5.91 Å². The minimum atomic E-state index is -0.750. The molecule has 0 saturated carbocycles. The number of hydrogen-bond acceptors (Lipinski definition) is 5. The molecule has 1 unspecified atom stereocenters. The summed E-state index contributed by atoms with van der Waals surface area (Å²) < 4.78 is 10.8. The van der Waals surface area contributed by atoms with Crippen molar-refractivity contribution in [3.63, 3.8) is 0 Å². The molecule has 0 saturated heterocycles. The Morgan fingerprint density at radius 2 is 1.96 bits per heavy atom. The fraction of sp³-hybridized carbons (Fsp3) is 0.471. The second-order valence-corrected chi connectivity index (χ2v) is 6.74. The highest BCUT2D eigenvalue weighted by Crippen LogP contribution is 2.26. The van der Waals surface area contributed by atoms with E-state index in [4.69, 9.17) is 15.0 Å². The maximum atomic E-state index is 11.7. The van der Waals surface area contributed by atoms with E-state index in [0.717, 1.165) is 12.2 Å². The summed E-state index contributed by atoms with van der Waals surface area (Å²) in [7, 11) is 0. The number of hydrogen-bond donors (Lipinski definition) is 1. The van der Waals surface area contributed by atoms with E-state index in [-0.39, 0.29) is 11.3 Å². The van der Waals surface area contributed by atoms with Gasteiger partial charge in [-0.3, -0.25) is 4.79 Å². The molecule has 2 aromatic rings. The van der Waals surface area contributed by atoms with Gasteiger partial charge in [-0.1, -0.05) is 38.1 Å². The Morgan fingerprint density at radius 3 is 2.43 bits per heavy atom. The maximum absolute atomic E-state index is 11.7. The zero-order chi connectivity index (χ0) is 17.0. The number of aryl methyl sites for hydroxylation is 1. The van der Waals surface area contributed by atoms with E-state index in [2.05, 4.69) is 30.9 Å². The first-order chi connectivity index (χ1) is 10.8. The Balaban J connectivity index is 2.09. The fourth-order valence-corrected chi connectivity index (χ4v) is 2.09. The van der Waals surface area contributed by atoms with Gasteiger partial charge in [-0.05, 0) is 36.5 Å². The Bertz CT molecular complexity index is 656. The molecule has 0 bridgehead atoms. The van der Waals surface area contributed by atoms with E-state index in [9.17, 15) is 4.79 Å². The number of aromatic nitrogens is 2. The van der Waals surface area contributed by atoms with Crippen LogP contribution in [-0.4, -0.2) is 22.7 Å². The van der Waals surface area contributed by atoms with Crippen LogP contribution in [-0.2, 0) is 4.79 Å². The third kappa shape index (κ3) is 4.81. The number of benzene rings is 1. The molecule has 1 aromatic heterocycles. The van der Waals surface area contributed by atoms with Gasteiger partial charge in [0.25, 0.3) is 0 Å². The summed E-state index contributed by atoms with van der Waals surface area (Å²) in [6, 6.07) is 7.22. The van der Waals surface area contributed by atoms with Gasteiger partial charge in [0.15, 0.2) is 5.82 Å². The first kappa shape index (κ1) is 17.0. The van der Waals surface area contributed by atoms with Crippen molar-refractivity contribution in [3.8, 4) is 5.75 Å². The van der Waals surface area contributed by atoms with Crippen molar-refractivity contribution in [1.29, 1.82) is 0 Å². The third-order valence-corrected chi connectivity index (χ3v) is 3.41. The molecule has 6 heteroatoms. The van der Waals surface area contributed by atoms with Crippen LogP contribution >= 0.6 is 0 Å². The van der Waals surface area contributed by atoms with Gasteiger partial charge in [0.1, 0.15) is 11.7 Å². The molecule has 2 rings (SSSR count). The van der Waals surface area contributed by atoms with Gasteiger partial charge in [0, 0.05) is 0 Å². The minimum Gasteiger partial charge on any atom is -0.494 e. The molecule has 0 aliphatic carbocycles. The molecule has 1 amide bonds. The van der Waals surface area contributed by atoms with Crippen LogP contribution in [0.5, 0.6) is 5.75 Å². The smallest absolute Gasteiger partial charge is 0.243 e. The van der Waals surface area contributed by atoms with Crippen LogP contribution in [0.3, 0.4) is 0 Å². The largest absolute Gasteiger partial charge is 0.494 e. The lowest BCUT2D eigenvalue weighted by Crippen LogP contribution is -2.22. The molecule has 0 radical (unpaired) electrons. The molecule has 0 aliphatic rings. The predicted octanol–water partition coefficient (Wildman–Crippen LogP) is 2.81. The second-order valence-electron chi connectivity index (χ2n) is 6.74. The molecule has 23 heavy (non-hydrogen) atoms. The van der Waals surface area contributed by atoms with Gasteiger partial charge in [-0.15, -0.1) is 0 Å². The average Bonchev–Trinajstić information content (AvgIpc) is 2.85. The Hall–Kier alpha value is -2.37. The van der Waals surface area contributed by atoms with E-state index in [1.54, 1.807) is 19.1 Å². The molecule has 1 atom stereocenters. The van der Waals surface area contributed by atoms with Crippen molar-refractivity contribution in [3.05, 3.63) is 41.5 Å². The van der Waals surface area contributed by atoms with Crippen LogP contribution in [0.15, 0.2) is 28.8 Å². The van der Waals surface area contributed by atoms with Gasteiger partial charge < -0.3 is 15.0 Å². The van der Waals surface area contributed by atoms with E-state index in [1.807, 2.05) is 12.1 Å². The molecule has 1 aromatic carbocycles. The number of carbonyl (C=O) groups excluding carboxylic acids is 1. The van der Waals surface area contributed by atoms with E-state index < -0.39 is 11.8 Å².